The third-order valence-corrected chi connectivity index (χ3v) is 5.39. The molecule has 7 nitrogen and oxygen atoms in total. The molecule has 1 fully saturated rings. The largest absolute Gasteiger partial charge is 0.385 e. The van der Waals surface area contributed by atoms with Crippen molar-refractivity contribution in [3.05, 3.63) is 47.5 Å². The zero-order valence-electron chi connectivity index (χ0n) is 17.2. The van der Waals surface area contributed by atoms with Crippen molar-refractivity contribution in [2.75, 3.05) is 26.8 Å². The number of hydrogen-bond acceptors (Lipinski definition) is 4. The van der Waals surface area contributed by atoms with E-state index in [4.69, 9.17) is 9.73 Å². The van der Waals surface area contributed by atoms with Gasteiger partial charge in [0, 0.05) is 33.9 Å². The monoisotopic (exact) mass is 384 g/mol. The maximum absolute atomic E-state index is 5.14. The summed E-state index contributed by atoms with van der Waals surface area (Å²) in [6.45, 7) is 4.94. The van der Waals surface area contributed by atoms with E-state index < -0.39 is 0 Å². The van der Waals surface area contributed by atoms with Gasteiger partial charge < -0.3 is 19.9 Å². The minimum Gasteiger partial charge on any atom is -0.385 e. The predicted molar refractivity (Wildman–Crippen MR) is 111 cm³/mol. The van der Waals surface area contributed by atoms with Crippen LogP contribution in [0.25, 0.3) is 0 Å². The lowest BCUT2D eigenvalue weighted by molar-refractivity contribution is 0.195. The molecule has 2 aromatic rings. The third-order valence-electron chi connectivity index (χ3n) is 5.39. The lowest BCUT2D eigenvalue weighted by Gasteiger charge is -2.19. The van der Waals surface area contributed by atoms with Crippen LogP contribution in [-0.2, 0) is 24.8 Å². The Labute approximate surface area is 167 Å². The third kappa shape index (κ3) is 5.79. The van der Waals surface area contributed by atoms with E-state index in [-0.39, 0.29) is 0 Å². The van der Waals surface area contributed by atoms with Crippen molar-refractivity contribution in [1.82, 2.24) is 25.4 Å². The molecular formula is C21H32N6O. The maximum Gasteiger partial charge on any atom is 0.191 e. The Morgan fingerprint density at radius 2 is 2.00 bits per heavy atom. The van der Waals surface area contributed by atoms with E-state index in [2.05, 4.69) is 51.2 Å². The Kier molecular flexibility index (Phi) is 7.03. The minimum absolute atomic E-state index is 0.345. The smallest absolute Gasteiger partial charge is 0.191 e. The Morgan fingerprint density at radius 3 is 2.64 bits per heavy atom. The van der Waals surface area contributed by atoms with Crippen LogP contribution >= 0.6 is 0 Å². The number of nitrogens with zero attached hydrogens (tertiary/aromatic N) is 4. The fourth-order valence-corrected chi connectivity index (χ4v) is 3.23. The highest BCUT2D eigenvalue weighted by atomic mass is 16.5. The number of nitrogens with one attached hydrogen (secondary N) is 2. The van der Waals surface area contributed by atoms with Crippen molar-refractivity contribution in [3.8, 4) is 0 Å². The first-order valence-electron chi connectivity index (χ1n) is 10.0. The quantitative estimate of drug-likeness (QED) is 0.373. The van der Waals surface area contributed by atoms with E-state index in [1.54, 1.807) is 7.11 Å². The molecule has 1 saturated carbocycles. The fraction of sp³-hybridized carbons (Fsp3) is 0.571. The first-order valence-corrected chi connectivity index (χ1v) is 10.0. The molecule has 1 aliphatic carbocycles. The first-order chi connectivity index (χ1) is 13.6. The van der Waals surface area contributed by atoms with Gasteiger partial charge in [-0.1, -0.05) is 30.3 Å². The Hall–Kier alpha value is -2.41. The van der Waals surface area contributed by atoms with Gasteiger partial charge in [-0.15, -0.1) is 10.2 Å². The summed E-state index contributed by atoms with van der Waals surface area (Å²) in [5.74, 6) is 2.59. The van der Waals surface area contributed by atoms with Crippen molar-refractivity contribution in [3.63, 3.8) is 0 Å². The van der Waals surface area contributed by atoms with E-state index in [9.17, 15) is 0 Å². The van der Waals surface area contributed by atoms with Crippen LogP contribution in [0.5, 0.6) is 0 Å². The van der Waals surface area contributed by atoms with Crippen molar-refractivity contribution in [2.45, 2.75) is 39.2 Å². The average molecular weight is 385 g/mol. The van der Waals surface area contributed by atoms with Crippen LogP contribution in [-0.4, -0.2) is 47.5 Å². The number of rotatable bonds is 10. The van der Waals surface area contributed by atoms with Crippen molar-refractivity contribution in [2.24, 2.45) is 17.5 Å². The van der Waals surface area contributed by atoms with Gasteiger partial charge in [0.1, 0.15) is 12.4 Å². The molecule has 1 heterocycles. The molecular weight excluding hydrogens is 352 g/mol. The summed E-state index contributed by atoms with van der Waals surface area (Å²) < 4.78 is 7.12. The van der Waals surface area contributed by atoms with Crippen molar-refractivity contribution >= 4 is 5.96 Å². The van der Waals surface area contributed by atoms with E-state index >= 15 is 0 Å². The Morgan fingerprint density at radius 1 is 1.21 bits per heavy atom. The topological polar surface area (TPSA) is 76.4 Å². The molecule has 0 unspecified atom stereocenters. The van der Waals surface area contributed by atoms with Crippen LogP contribution in [0.1, 0.15) is 36.5 Å². The molecule has 0 amide bonds. The molecule has 0 saturated heterocycles. The number of aromatic nitrogens is 3. The van der Waals surface area contributed by atoms with Gasteiger partial charge in [0.15, 0.2) is 11.8 Å². The summed E-state index contributed by atoms with van der Waals surface area (Å²) in [7, 11) is 3.70. The molecule has 0 radical (unpaired) electrons. The van der Waals surface area contributed by atoms with Crippen LogP contribution in [0.15, 0.2) is 35.3 Å². The number of benzene rings is 1. The SMILES string of the molecule is COCCCNC(=NCc1nnc(C)n1C)NCC1(Cc2ccccc2)CC1. The standard InChI is InChI=1S/C21H32N6O/c1-17-25-26-19(27(17)2)15-23-20(22-12-7-13-28-3)24-16-21(10-11-21)14-18-8-5-4-6-9-18/h4-6,8-9H,7,10-16H2,1-3H3,(H2,22,23,24). The van der Waals surface area contributed by atoms with E-state index in [0.29, 0.717) is 12.0 Å². The Bertz CT molecular complexity index is 766. The highest BCUT2D eigenvalue weighted by Gasteiger charge is 2.42. The second-order valence-electron chi connectivity index (χ2n) is 7.68. The molecule has 2 N–H and O–H groups in total. The van der Waals surface area contributed by atoms with E-state index in [1.807, 2.05) is 18.5 Å². The van der Waals surface area contributed by atoms with Gasteiger partial charge in [0.05, 0.1) is 0 Å². The molecule has 7 heteroatoms. The van der Waals surface area contributed by atoms with Gasteiger partial charge >= 0.3 is 0 Å². The van der Waals surface area contributed by atoms with Crippen molar-refractivity contribution < 1.29 is 4.74 Å². The molecule has 1 aromatic heterocycles. The molecule has 0 atom stereocenters. The summed E-state index contributed by atoms with van der Waals surface area (Å²) in [5, 5.41) is 15.3. The molecule has 152 valence electrons. The molecule has 28 heavy (non-hydrogen) atoms. The van der Waals surface area contributed by atoms with E-state index in [1.165, 1.54) is 18.4 Å². The highest BCUT2D eigenvalue weighted by Crippen LogP contribution is 2.47. The highest BCUT2D eigenvalue weighted by molar-refractivity contribution is 5.79. The second-order valence-corrected chi connectivity index (χ2v) is 7.68. The Balaban J connectivity index is 1.58. The number of aliphatic imine (C=N–C) groups is 1. The van der Waals surface area contributed by atoms with Gasteiger partial charge in [-0.3, -0.25) is 0 Å². The molecule has 0 spiro atoms. The number of hydrogen-bond donors (Lipinski definition) is 2. The zero-order valence-corrected chi connectivity index (χ0v) is 17.2. The maximum atomic E-state index is 5.14. The molecule has 1 aromatic carbocycles. The van der Waals surface area contributed by atoms with Gasteiger partial charge in [-0.25, -0.2) is 4.99 Å². The number of guanidine groups is 1. The van der Waals surface area contributed by atoms with Gasteiger partial charge in [-0.05, 0) is 43.6 Å². The van der Waals surface area contributed by atoms with Crippen LogP contribution in [0.2, 0.25) is 0 Å². The summed E-state index contributed by atoms with van der Waals surface area (Å²) in [5.41, 5.74) is 1.75. The molecule has 0 bridgehead atoms. The summed E-state index contributed by atoms with van der Waals surface area (Å²) in [6.07, 6.45) is 4.57. The van der Waals surface area contributed by atoms with Gasteiger partial charge in [0.2, 0.25) is 0 Å². The van der Waals surface area contributed by atoms with Gasteiger partial charge in [-0.2, -0.15) is 0 Å². The second kappa shape index (κ2) is 9.68. The van der Waals surface area contributed by atoms with E-state index in [0.717, 1.165) is 50.1 Å². The number of ether oxygens (including phenoxy) is 1. The molecule has 0 aliphatic heterocycles. The lowest BCUT2D eigenvalue weighted by atomic mass is 9.96. The number of aryl methyl sites for hydroxylation is 1. The average Bonchev–Trinajstić information content (AvgIpc) is 3.40. The van der Waals surface area contributed by atoms with Crippen LogP contribution < -0.4 is 10.6 Å². The van der Waals surface area contributed by atoms with Crippen LogP contribution in [0, 0.1) is 12.3 Å². The fourth-order valence-electron chi connectivity index (χ4n) is 3.23. The normalized spacial score (nSPS) is 15.5. The molecule has 3 rings (SSSR count). The number of methoxy groups -OCH3 is 1. The summed E-state index contributed by atoms with van der Waals surface area (Å²) in [6, 6.07) is 10.7. The predicted octanol–water partition coefficient (Wildman–Crippen LogP) is 2.22. The summed E-state index contributed by atoms with van der Waals surface area (Å²) >= 11 is 0. The summed E-state index contributed by atoms with van der Waals surface area (Å²) in [4.78, 5) is 4.73. The van der Waals surface area contributed by atoms with Gasteiger partial charge in [0.25, 0.3) is 0 Å². The van der Waals surface area contributed by atoms with Crippen molar-refractivity contribution in [1.29, 1.82) is 0 Å². The molecule has 1 aliphatic rings. The van der Waals surface area contributed by atoms with Crippen LogP contribution in [0.4, 0.5) is 0 Å². The first kappa shape index (κ1) is 20.3. The zero-order chi connectivity index (χ0) is 19.8. The minimum atomic E-state index is 0.345. The van der Waals surface area contributed by atoms with Crippen LogP contribution in [0.3, 0.4) is 0 Å². The lowest BCUT2D eigenvalue weighted by Crippen LogP contribution is -2.41.